The van der Waals surface area contributed by atoms with Crippen LogP contribution in [0, 0.1) is 0 Å². The molecule has 2 aliphatic heterocycles. The van der Waals surface area contributed by atoms with E-state index in [4.69, 9.17) is 18.9 Å². The molecule has 0 aromatic heterocycles. The third-order valence-electron chi connectivity index (χ3n) is 4.63. The Morgan fingerprint density at radius 1 is 1.12 bits per heavy atom. The number of quaternary nitrogens is 1. The molecule has 0 spiro atoms. The van der Waals surface area contributed by atoms with Crippen molar-refractivity contribution < 1.29 is 24.3 Å². The number of rotatable bonds is 4. The smallest absolute Gasteiger partial charge is 0.231 e. The number of methoxy groups -OCH3 is 1. The van der Waals surface area contributed by atoms with E-state index >= 15 is 0 Å². The second-order valence-corrected chi connectivity index (χ2v) is 6.00. The Kier molecular flexibility index (Phi) is 3.94. The lowest BCUT2D eigenvalue weighted by atomic mass is 9.89. The quantitative estimate of drug-likeness (QED) is 0.933. The lowest BCUT2D eigenvalue weighted by Gasteiger charge is -2.26. The minimum atomic E-state index is 0.229. The van der Waals surface area contributed by atoms with Gasteiger partial charge in [-0.05, 0) is 42.8 Å². The van der Waals surface area contributed by atoms with Crippen LogP contribution in [0.5, 0.6) is 23.0 Å². The molecule has 4 rings (SSSR count). The molecule has 0 saturated carbocycles. The van der Waals surface area contributed by atoms with Crippen molar-refractivity contribution >= 4 is 0 Å². The highest BCUT2D eigenvalue weighted by atomic mass is 16.7. The van der Waals surface area contributed by atoms with Gasteiger partial charge in [-0.25, -0.2) is 0 Å². The maximum absolute atomic E-state index is 5.72. The van der Waals surface area contributed by atoms with Crippen LogP contribution in [0.15, 0.2) is 30.3 Å². The predicted octanol–water partition coefficient (Wildman–Crippen LogP) is 2.03. The van der Waals surface area contributed by atoms with Crippen LogP contribution in [0.2, 0.25) is 0 Å². The fraction of sp³-hybridized carbons (Fsp3) is 0.368. The summed E-state index contributed by atoms with van der Waals surface area (Å²) in [6.45, 7) is 3.97. The lowest BCUT2D eigenvalue weighted by Crippen LogP contribution is -2.87. The van der Waals surface area contributed by atoms with Gasteiger partial charge in [0.2, 0.25) is 6.79 Å². The van der Waals surface area contributed by atoms with E-state index in [0.29, 0.717) is 13.4 Å². The molecule has 0 bridgehead atoms. The molecule has 2 heterocycles. The van der Waals surface area contributed by atoms with Gasteiger partial charge in [0.05, 0.1) is 20.3 Å². The number of fused-ring (bicyclic) bond motifs is 2. The van der Waals surface area contributed by atoms with E-state index in [1.807, 2.05) is 13.0 Å². The number of benzene rings is 2. The molecule has 0 fully saturated rings. The Labute approximate surface area is 141 Å². The van der Waals surface area contributed by atoms with Crippen molar-refractivity contribution in [2.45, 2.75) is 19.4 Å². The molecule has 2 N–H and O–H groups in total. The summed E-state index contributed by atoms with van der Waals surface area (Å²) in [5.41, 5.74) is 3.82. The van der Waals surface area contributed by atoms with Crippen LogP contribution in [0.4, 0.5) is 0 Å². The summed E-state index contributed by atoms with van der Waals surface area (Å²) in [7, 11) is 1.69. The number of nitrogens with two attached hydrogens (primary N) is 1. The zero-order chi connectivity index (χ0) is 16.5. The van der Waals surface area contributed by atoms with Crippen molar-refractivity contribution in [3.63, 3.8) is 0 Å². The van der Waals surface area contributed by atoms with E-state index in [9.17, 15) is 0 Å². The van der Waals surface area contributed by atoms with Gasteiger partial charge >= 0.3 is 0 Å². The van der Waals surface area contributed by atoms with Gasteiger partial charge in [-0.15, -0.1) is 0 Å². The highest BCUT2D eigenvalue weighted by molar-refractivity contribution is 5.52. The van der Waals surface area contributed by atoms with E-state index in [-0.39, 0.29) is 6.04 Å². The van der Waals surface area contributed by atoms with Gasteiger partial charge in [0.15, 0.2) is 23.0 Å². The van der Waals surface area contributed by atoms with E-state index in [1.54, 1.807) is 7.11 Å². The van der Waals surface area contributed by atoms with Gasteiger partial charge < -0.3 is 24.3 Å². The first-order valence-electron chi connectivity index (χ1n) is 8.36. The molecular weight excluding hydrogens is 306 g/mol. The van der Waals surface area contributed by atoms with Gasteiger partial charge in [-0.3, -0.25) is 0 Å². The maximum Gasteiger partial charge on any atom is 0.231 e. The molecule has 0 aliphatic carbocycles. The van der Waals surface area contributed by atoms with Gasteiger partial charge in [0, 0.05) is 17.5 Å². The zero-order valence-electron chi connectivity index (χ0n) is 14.0. The van der Waals surface area contributed by atoms with Crippen molar-refractivity contribution in [3.8, 4) is 23.0 Å². The molecule has 2 aromatic carbocycles. The first-order valence-corrected chi connectivity index (χ1v) is 8.36. The molecule has 1 atom stereocenters. The van der Waals surface area contributed by atoms with Crippen molar-refractivity contribution in [2.24, 2.45) is 0 Å². The summed E-state index contributed by atoms with van der Waals surface area (Å²) in [6, 6.07) is 10.7. The lowest BCUT2D eigenvalue weighted by molar-refractivity contribution is -0.690. The first kappa shape index (κ1) is 15.1. The van der Waals surface area contributed by atoms with Crippen LogP contribution < -0.4 is 24.3 Å². The zero-order valence-corrected chi connectivity index (χ0v) is 14.0. The monoisotopic (exact) mass is 328 g/mol. The van der Waals surface area contributed by atoms with Crippen LogP contribution in [0.3, 0.4) is 0 Å². The second kappa shape index (κ2) is 6.24. The number of hydrogen-bond acceptors (Lipinski definition) is 4. The molecule has 0 unspecified atom stereocenters. The molecule has 5 nitrogen and oxygen atoms in total. The SMILES string of the molecule is CCOc1cc2c(cc1OC)[C@H](c1ccc3c(c1)OCO3)[NH2+]CC2. The predicted molar refractivity (Wildman–Crippen MR) is 89.1 cm³/mol. The molecule has 2 aliphatic rings. The Morgan fingerprint density at radius 3 is 2.83 bits per heavy atom. The van der Waals surface area contributed by atoms with Crippen LogP contribution in [0.1, 0.15) is 29.7 Å². The van der Waals surface area contributed by atoms with Gasteiger partial charge in [-0.2, -0.15) is 0 Å². The van der Waals surface area contributed by atoms with Gasteiger partial charge in [0.25, 0.3) is 0 Å². The largest absolute Gasteiger partial charge is 0.493 e. The third kappa shape index (κ3) is 2.55. The molecule has 24 heavy (non-hydrogen) atoms. The minimum absolute atomic E-state index is 0.229. The Morgan fingerprint density at radius 2 is 2.00 bits per heavy atom. The second-order valence-electron chi connectivity index (χ2n) is 6.00. The average Bonchev–Trinajstić information content (AvgIpc) is 3.08. The van der Waals surface area contributed by atoms with Crippen molar-refractivity contribution in [3.05, 3.63) is 47.0 Å². The topological polar surface area (TPSA) is 53.5 Å². The Hall–Kier alpha value is -2.40. The molecular formula is C19H22NO4+. The highest BCUT2D eigenvalue weighted by Gasteiger charge is 2.28. The van der Waals surface area contributed by atoms with Crippen LogP contribution in [0.25, 0.3) is 0 Å². The van der Waals surface area contributed by atoms with Crippen molar-refractivity contribution in [2.75, 3.05) is 27.1 Å². The normalized spacial score (nSPS) is 18.2. The highest BCUT2D eigenvalue weighted by Crippen LogP contribution is 2.38. The Balaban J connectivity index is 1.75. The van der Waals surface area contributed by atoms with Crippen LogP contribution in [-0.2, 0) is 6.42 Å². The standard InChI is InChI=1S/C19H21NO4/c1-3-22-18-8-12-6-7-20-19(14(12)10-16(18)21-2)13-4-5-15-17(9-13)24-11-23-15/h4-5,8-10,19-20H,3,6-7,11H2,1-2H3/p+1/t19-/m0/s1. The van der Waals surface area contributed by atoms with E-state index in [1.165, 1.54) is 16.7 Å². The van der Waals surface area contributed by atoms with E-state index < -0.39 is 0 Å². The summed E-state index contributed by atoms with van der Waals surface area (Å²) in [5, 5.41) is 2.36. The molecule has 2 aromatic rings. The van der Waals surface area contributed by atoms with Crippen molar-refractivity contribution in [1.82, 2.24) is 0 Å². The van der Waals surface area contributed by atoms with Crippen molar-refractivity contribution in [1.29, 1.82) is 0 Å². The summed E-state index contributed by atoms with van der Waals surface area (Å²) in [4.78, 5) is 0. The minimum Gasteiger partial charge on any atom is -0.493 e. The van der Waals surface area contributed by atoms with Gasteiger partial charge in [0.1, 0.15) is 6.04 Å². The summed E-state index contributed by atoms with van der Waals surface area (Å²) >= 11 is 0. The summed E-state index contributed by atoms with van der Waals surface area (Å²) in [6.07, 6.45) is 1.03. The summed E-state index contributed by atoms with van der Waals surface area (Å²) in [5.74, 6) is 3.26. The fourth-order valence-corrected chi connectivity index (χ4v) is 3.51. The molecule has 5 heteroatoms. The van der Waals surface area contributed by atoms with Crippen LogP contribution in [-0.4, -0.2) is 27.1 Å². The summed E-state index contributed by atoms with van der Waals surface area (Å²) < 4.78 is 22.2. The number of ether oxygens (including phenoxy) is 4. The first-order chi connectivity index (χ1) is 11.8. The Bertz CT molecular complexity index is 759. The maximum atomic E-state index is 5.72. The van der Waals surface area contributed by atoms with E-state index in [2.05, 4.69) is 29.6 Å². The van der Waals surface area contributed by atoms with Crippen LogP contribution >= 0.6 is 0 Å². The molecule has 0 amide bonds. The molecule has 0 saturated heterocycles. The fourth-order valence-electron chi connectivity index (χ4n) is 3.51. The third-order valence-corrected chi connectivity index (χ3v) is 4.63. The molecule has 126 valence electrons. The van der Waals surface area contributed by atoms with E-state index in [0.717, 1.165) is 36.0 Å². The molecule has 0 radical (unpaired) electrons. The van der Waals surface area contributed by atoms with Gasteiger partial charge in [-0.1, -0.05) is 0 Å². The average molecular weight is 328 g/mol. The number of hydrogen-bond donors (Lipinski definition) is 1.